The summed E-state index contributed by atoms with van der Waals surface area (Å²) in [5.74, 6) is -0.408. The van der Waals surface area contributed by atoms with Crippen LogP contribution in [-0.4, -0.2) is 40.7 Å². The maximum Gasteiger partial charge on any atom is 0.259 e. The number of nitrogens with zero attached hydrogens (tertiary/aromatic N) is 2. The maximum atomic E-state index is 12.7. The van der Waals surface area contributed by atoms with Gasteiger partial charge >= 0.3 is 0 Å². The highest BCUT2D eigenvalue weighted by atomic mass is 16.3. The van der Waals surface area contributed by atoms with Crippen molar-refractivity contribution < 1.29 is 9.90 Å². The lowest BCUT2D eigenvalue weighted by Gasteiger charge is -2.18. The SMILES string of the molecule is CCCn1cc(C(=O)N(C)CCO)c(=O)c2c(N)cccc21. The van der Waals surface area contributed by atoms with Crippen molar-refractivity contribution in [2.24, 2.45) is 0 Å². The highest BCUT2D eigenvalue weighted by Gasteiger charge is 2.19. The number of benzene rings is 1. The molecule has 0 unspecified atom stereocenters. The number of aromatic nitrogens is 1. The van der Waals surface area contributed by atoms with Crippen LogP contribution in [0.2, 0.25) is 0 Å². The number of anilines is 1. The molecule has 6 nitrogen and oxygen atoms in total. The molecule has 0 aliphatic heterocycles. The van der Waals surface area contributed by atoms with Crippen LogP contribution in [0.3, 0.4) is 0 Å². The monoisotopic (exact) mass is 303 g/mol. The molecule has 1 heterocycles. The molecule has 0 atom stereocenters. The van der Waals surface area contributed by atoms with Crippen LogP contribution in [0.1, 0.15) is 23.7 Å². The number of likely N-dealkylation sites (N-methyl/N-ethyl adjacent to an activating group) is 1. The van der Waals surface area contributed by atoms with E-state index in [1.54, 1.807) is 25.4 Å². The molecule has 1 aromatic heterocycles. The molecule has 0 aliphatic rings. The number of rotatable bonds is 5. The zero-order valence-corrected chi connectivity index (χ0v) is 12.9. The fourth-order valence-corrected chi connectivity index (χ4v) is 2.50. The fraction of sp³-hybridized carbons (Fsp3) is 0.375. The van der Waals surface area contributed by atoms with Gasteiger partial charge in [-0.2, -0.15) is 0 Å². The van der Waals surface area contributed by atoms with E-state index in [-0.39, 0.29) is 24.1 Å². The summed E-state index contributed by atoms with van der Waals surface area (Å²) in [5.41, 5.74) is 6.76. The van der Waals surface area contributed by atoms with E-state index in [0.29, 0.717) is 17.6 Å². The Bertz CT molecular complexity index is 752. The van der Waals surface area contributed by atoms with E-state index in [0.717, 1.165) is 11.9 Å². The number of carbonyl (C=O) groups is 1. The Morgan fingerprint density at radius 1 is 1.41 bits per heavy atom. The largest absolute Gasteiger partial charge is 0.398 e. The van der Waals surface area contributed by atoms with Crippen LogP contribution in [0.15, 0.2) is 29.2 Å². The second-order valence-corrected chi connectivity index (χ2v) is 5.26. The van der Waals surface area contributed by atoms with Gasteiger partial charge in [-0.3, -0.25) is 9.59 Å². The highest BCUT2D eigenvalue weighted by molar-refractivity contribution is 6.00. The molecular weight excluding hydrogens is 282 g/mol. The first-order chi connectivity index (χ1) is 10.5. The van der Waals surface area contributed by atoms with Crippen molar-refractivity contribution in [2.45, 2.75) is 19.9 Å². The van der Waals surface area contributed by atoms with Crippen LogP contribution in [0.25, 0.3) is 10.9 Å². The Morgan fingerprint density at radius 2 is 2.14 bits per heavy atom. The Hall–Kier alpha value is -2.34. The minimum atomic E-state index is -0.408. The van der Waals surface area contributed by atoms with Crippen LogP contribution >= 0.6 is 0 Å². The normalized spacial score (nSPS) is 10.9. The van der Waals surface area contributed by atoms with Gasteiger partial charge in [0, 0.05) is 32.0 Å². The van der Waals surface area contributed by atoms with Crippen molar-refractivity contribution in [3.05, 3.63) is 40.2 Å². The third kappa shape index (κ3) is 2.82. The number of fused-ring (bicyclic) bond motifs is 1. The van der Waals surface area contributed by atoms with Crippen molar-refractivity contribution in [3.63, 3.8) is 0 Å². The summed E-state index contributed by atoms with van der Waals surface area (Å²) in [7, 11) is 1.56. The van der Waals surface area contributed by atoms with Gasteiger partial charge in [0.2, 0.25) is 5.43 Å². The number of pyridine rings is 1. The topological polar surface area (TPSA) is 88.6 Å². The number of carbonyl (C=O) groups excluding carboxylic acids is 1. The number of nitrogens with two attached hydrogens (primary N) is 1. The molecule has 0 saturated carbocycles. The summed E-state index contributed by atoms with van der Waals surface area (Å²) in [4.78, 5) is 26.4. The lowest BCUT2D eigenvalue weighted by Crippen LogP contribution is -2.34. The molecule has 6 heteroatoms. The van der Waals surface area contributed by atoms with E-state index < -0.39 is 5.91 Å². The summed E-state index contributed by atoms with van der Waals surface area (Å²) in [6.07, 6.45) is 2.46. The quantitative estimate of drug-likeness (QED) is 0.808. The van der Waals surface area contributed by atoms with E-state index in [1.165, 1.54) is 4.90 Å². The molecule has 0 saturated heterocycles. The number of aryl methyl sites for hydroxylation is 1. The molecule has 0 radical (unpaired) electrons. The fourth-order valence-electron chi connectivity index (χ4n) is 2.50. The summed E-state index contributed by atoms with van der Waals surface area (Å²) >= 11 is 0. The smallest absolute Gasteiger partial charge is 0.259 e. The third-order valence-corrected chi connectivity index (χ3v) is 3.62. The zero-order chi connectivity index (χ0) is 16.3. The summed E-state index contributed by atoms with van der Waals surface area (Å²) in [6.45, 7) is 2.73. The van der Waals surface area contributed by atoms with Crippen LogP contribution in [0.5, 0.6) is 0 Å². The first kappa shape index (κ1) is 16.0. The van der Waals surface area contributed by atoms with Gasteiger partial charge in [0.1, 0.15) is 5.56 Å². The third-order valence-electron chi connectivity index (χ3n) is 3.62. The van der Waals surface area contributed by atoms with Gasteiger partial charge in [0.15, 0.2) is 0 Å². The predicted octanol–water partition coefficient (Wildman–Crippen LogP) is 1.06. The van der Waals surface area contributed by atoms with Gasteiger partial charge in [-0.1, -0.05) is 13.0 Å². The average molecular weight is 303 g/mol. The number of amides is 1. The Kier molecular flexibility index (Phi) is 4.82. The molecule has 3 N–H and O–H groups in total. The summed E-state index contributed by atoms with van der Waals surface area (Å²) in [6, 6.07) is 5.28. The minimum absolute atomic E-state index is 0.0785. The number of aliphatic hydroxyl groups is 1. The van der Waals surface area contributed by atoms with Crippen molar-refractivity contribution in [1.82, 2.24) is 9.47 Å². The molecule has 22 heavy (non-hydrogen) atoms. The predicted molar refractivity (Wildman–Crippen MR) is 87.0 cm³/mol. The zero-order valence-electron chi connectivity index (χ0n) is 12.9. The van der Waals surface area contributed by atoms with Crippen LogP contribution < -0.4 is 11.2 Å². The average Bonchev–Trinajstić information content (AvgIpc) is 2.49. The minimum Gasteiger partial charge on any atom is -0.398 e. The van der Waals surface area contributed by atoms with E-state index in [1.807, 2.05) is 17.6 Å². The lowest BCUT2D eigenvalue weighted by atomic mass is 10.1. The molecule has 2 aromatic rings. The van der Waals surface area contributed by atoms with Crippen molar-refractivity contribution in [2.75, 3.05) is 25.9 Å². The van der Waals surface area contributed by atoms with Crippen molar-refractivity contribution in [3.8, 4) is 0 Å². The van der Waals surface area contributed by atoms with E-state index in [4.69, 9.17) is 10.8 Å². The first-order valence-electron chi connectivity index (χ1n) is 7.29. The van der Waals surface area contributed by atoms with E-state index in [9.17, 15) is 9.59 Å². The van der Waals surface area contributed by atoms with E-state index in [2.05, 4.69) is 0 Å². The lowest BCUT2D eigenvalue weighted by molar-refractivity contribution is 0.0765. The summed E-state index contributed by atoms with van der Waals surface area (Å²) in [5, 5.41) is 9.33. The van der Waals surface area contributed by atoms with Crippen molar-refractivity contribution in [1.29, 1.82) is 0 Å². The second-order valence-electron chi connectivity index (χ2n) is 5.26. The Morgan fingerprint density at radius 3 is 2.77 bits per heavy atom. The highest BCUT2D eigenvalue weighted by Crippen LogP contribution is 2.19. The van der Waals surface area contributed by atoms with Gasteiger partial charge in [-0.15, -0.1) is 0 Å². The van der Waals surface area contributed by atoms with Crippen LogP contribution in [0, 0.1) is 0 Å². The number of hydrogen-bond acceptors (Lipinski definition) is 4. The second kappa shape index (κ2) is 6.62. The van der Waals surface area contributed by atoms with Gasteiger partial charge in [-0.25, -0.2) is 0 Å². The Labute approximate surface area is 128 Å². The number of aliphatic hydroxyl groups excluding tert-OH is 1. The molecule has 1 aromatic carbocycles. The molecule has 0 spiro atoms. The van der Waals surface area contributed by atoms with Gasteiger partial charge < -0.3 is 20.3 Å². The van der Waals surface area contributed by atoms with Gasteiger partial charge in [0.25, 0.3) is 5.91 Å². The van der Waals surface area contributed by atoms with Gasteiger partial charge in [-0.05, 0) is 18.6 Å². The molecule has 2 rings (SSSR count). The van der Waals surface area contributed by atoms with Crippen LogP contribution in [0.4, 0.5) is 5.69 Å². The van der Waals surface area contributed by atoms with E-state index >= 15 is 0 Å². The Balaban J connectivity index is 2.70. The number of nitrogen functional groups attached to an aromatic ring is 1. The molecular formula is C16H21N3O3. The maximum absolute atomic E-state index is 12.7. The molecule has 0 fully saturated rings. The molecule has 0 aliphatic carbocycles. The number of hydrogen-bond donors (Lipinski definition) is 2. The molecule has 0 bridgehead atoms. The standard InChI is InChI=1S/C16H21N3O3/c1-3-7-19-10-11(16(22)18(2)8-9-20)15(21)14-12(17)5-4-6-13(14)19/h4-6,10,20H,3,7-9,17H2,1-2H3. The molecule has 118 valence electrons. The van der Waals surface area contributed by atoms with Crippen LogP contribution in [-0.2, 0) is 6.54 Å². The molecule has 1 amide bonds. The summed E-state index contributed by atoms with van der Waals surface area (Å²) < 4.78 is 1.88. The van der Waals surface area contributed by atoms with Crippen molar-refractivity contribution >= 4 is 22.5 Å². The van der Waals surface area contributed by atoms with Gasteiger partial charge in [0.05, 0.1) is 17.5 Å². The first-order valence-corrected chi connectivity index (χ1v) is 7.29.